The van der Waals surface area contributed by atoms with Crippen LogP contribution in [0.4, 0.5) is 0 Å². The molecule has 0 bridgehead atoms. The molecule has 0 spiro atoms. The molecule has 0 fully saturated rings. The molecule has 0 aliphatic carbocycles. The highest BCUT2D eigenvalue weighted by atomic mass is 32.2. The maximum Gasteiger partial charge on any atom is 0.332 e. The molecular weight excluding hydrogens is 388 g/mol. The van der Waals surface area contributed by atoms with Crippen molar-refractivity contribution in [1.29, 1.82) is 0 Å². The minimum Gasteiger partial charge on any atom is -0.327 e. The number of hydrogen-bond donors (Lipinski definition) is 1. The Morgan fingerprint density at radius 3 is 2.24 bits per heavy atom. The number of thioether (sulfide) groups is 1. The smallest absolute Gasteiger partial charge is 0.327 e. The average Bonchev–Trinajstić information content (AvgIpc) is 3.19. The highest BCUT2D eigenvalue weighted by Crippen LogP contribution is 2.36. The van der Waals surface area contributed by atoms with Crippen LogP contribution in [0.1, 0.15) is 21.2 Å². The van der Waals surface area contributed by atoms with Crippen molar-refractivity contribution < 1.29 is 4.79 Å². The minimum atomic E-state index is -0.556. The van der Waals surface area contributed by atoms with Crippen molar-refractivity contribution in [3.63, 3.8) is 0 Å². The van der Waals surface area contributed by atoms with E-state index >= 15 is 0 Å². The summed E-state index contributed by atoms with van der Waals surface area (Å²) in [6.45, 7) is 0. The van der Waals surface area contributed by atoms with Crippen molar-refractivity contribution in [3.8, 4) is 0 Å². The number of hydrogen-bond acceptors (Lipinski definition) is 5. The molecule has 0 saturated heterocycles. The first-order valence-corrected chi connectivity index (χ1v) is 9.82. The molecule has 7 nitrogen and oxygen atoms in total. The van der Waals surface area contributed by atoms with Crippen molar-refractivity contribution in [2.75, 3.05) is 0 Å². The number of H-pyrrole nitrogens is 1. The number of nitrogens with zero attached hydrogens (tertiary/aromatic N) is 3. The number of Topliss-reactive ketones (excluding diaryl/α,β-unsaturated/α-hetero) is 1. The van der Waals surface area contributed by atoms with E-state index in [1.807, 2.05) is 48.5 Å². The molecule has 2 aromatic carbocycles. The Labute approximate surface area is 170 Å². The van der Waals surface area contributed by atoms with Gasteiger partial charge in [-0.25, -0.2) is 9.78 Å². The average molecular weight is 406 g/mol. The van der Waals surface area contributed by atoms with Crippen LogP contribution in [0, 0.1) is 0 Å². The standard InChI is InChI=1S/C21H18N4O3S/c1-24-18-15(19(27)25(2)21(24)28)22-20(23-18)29-17(14-11-7-4-8-12-14)16(26)13-9-5-3-6-10-13/h3-12,17H,1-2H3,(H,22,23)/t17-/m0/s1. The lowest BCUT2D eigenvalue weighted by molar-refractivity contribution is 0.0989. The summed E-state index contributed by atoms with van der Waals surface area (Å²) in [5.74, 6) is -0.0657. The second kappa shape index (κ2) is 7.56. The molecule has 4 aromatic rings. The highest BCUT2D eigenvalue weighted by Gasteiger charge is 2.25. The molecule has 0 saturated carbocycles. The Balaban J connectivity index is 1.80. The van der Waals surface area contributed by atoms with Gasteiger partial charge in [-0.15, -0.1) is 0 Å². The second-order valence-electron chi connectivity index (χ2n) is 6.59. The van der Waals surface area contributed by atoms with Gasteiger partial charge in [-0.2, -0.15) is 0 Å². The van der Waals surface area contributed by atoms with Gasteiger partial charge in [0.1, 0.15) is 5.25 Å². The van der Waals surface area contributed by atoms with E-state index in [9.17, 15) is 14.4 Å². The summed E-state index contributed by atoms with van der Waals surface area (Å²) in [6, 6.07) is 18.5. The van der Waals surface area contributed by atoms with E-state index in [4.69, 9.17) is 0 Å². The first-order chi connectivity index (χ1) is 14.0. The Bertz CT molecular complexity index is 1310. The van der Waals surface area contributed by atoms with Gasteiger partial charge in [-0.05, 0) is 5.56 Å². The van der Waals surface area contributed by atoms with E-state index in [2.05, 4.69) is 9.97 Å². The van der Waals surface area contributed by atoms with Crippen LogP contribution in [0.2, 0.25) is 0 Å². The van der Waals surface area contributed by atoms with Crippen molar-refractivity contribution in [1.82, 2.24) is 19.1 Å². The van der Waals surface area contributed by atoms with E-state index < -0.39 is 16.5 Å². The lowest BCUT2D eigenvalue weighted by atomic mass is 10.0. The summed E-state index contributed by atoms with van der Waals surface area (Å²) in [6.07, 6.45) is 0. The third kappa shape index (κ3) is 3.42. The van der Waals surface area contributed by atoms with Gasteiger partial charge < -0.3 is 4.98 Å². The van der Waals surface area contributed by atoms with Crippen LogP contribution in [-0.4, -0.2) is 24.9 Å². The van der Waals surface area contributed by atoms with Gasteiger partial charge in [0.05, 0.1) is 0 Å². The SMILES string of the molecule is Cn1c(=O)c2[nH]c(S[C@H](C(=O)c3ccccc3)c3ccccc3)nc2n(C)c1=O. The summed E-state index contributed by atoms with van der Waals surface area (Å²) >= 11 is 1.22. The molecule has 0 amide bonds. The van der Waals surface area contributed by atoms with Gasteiger partial charge in [-0.3, -0.25) is 18.7 Å². The van der Waals surface area contributed by atoms with E-state index in [0.717, 1.165) is 10.1 Å². The number of aromatic nitrogens is 4. The zero-order valence-electron chi connectivity index (χ0n) is 15.8. The third-order valence-corrected chi connectivity index (χ3v) is 5.84. The predicted octanol–water partition coefficient (Wildman–Crippen LogP) is 2.68. The Morgan fingerprint density at radius 2 is 1.59 bits per heavy atom. The number of ketones is 1. The normalized spacial score (nSPS) is 12.2. The number of benzene rings is 2. The number of fused-ring (bicyclic) bond motifs is 1. The number of aromatic amines is 1. The quantitative estimate of drug-likeness (QED) is 0.407. The van der Waals surface area contributed by atoms with Crippen LogP contribution in [0.5, 0.6) is 0 Å². The molecule has 2 aromatic heterocycles. The Kier molecular flexibility index (Phi) is 4.94. The van der Waals surface area contributed by atoms with Crippen LogP contribution in [0.3, 0.4) is 0 Å². The summed E-state index contributed by atoms with van der Waals surface area (Å²) in [7, 11) is 2.98. The van der Waals surface area contributed by atoms with Gasteiger partial charge >= 0.3 is 5.69 Å². The summed E-state index contributed by atoms with van der Waals surface area (Å²) < 4.78 is 2.34. The van der Waals surface area contributed by atoms with Crippen molar-refractivity contribution in [3.05, 3.63) is 92.6 Å². The number of imidazole rings is 1. The molecule has 29 heavy (non-hydrogen) atoms. The third-order valence-electron chi connectivity index (χ3n) is 4.70. The van der Waals surface area contributed by atoms with E-state index in [1.54, 1.807) is 19.2 Å². The molecule has 2 heterocycles. The van der Waals surface area contributed by atoms with Gasteiger partial charge in [0.15, 0.2) is 22.1 Å². The molecule has 0 radical (unpaired) electrons. The summed E-state index contributed by atoms with van der Waals surface area (Å²) in [5.41, 5.74) is 1.01. The van der Waals surface area contributed by atoms with Gasteiger partial charge in [0.2, 0.25) is 0 Å². The molecule has 146 valence electrons. The minimum absolute atomic E-state index is 0.0657. The number of aryl methyl sites for hydroxylation is 1. The zero-order chi connectivity index (χ0) is 20.5. The monoisotopic (exact) mass is 406 g/mol. The first-order valence-electron chi connectivity index (χ1n) is 8.94. The van der Waals surface area contributed by atoms with E-state index in [1.165, 1.54) is 23.4 Å². The van der Waals surface area contributed by atoms with Crippen molar-refractivity contribution in [2.45, 2.75) is 10.4 Å². The number of rotatable bonds is 5. The molecule has 1 atom stereocenters. The second-order valence-corrected chi connectivity index (χ2v) is 7.68. The maximum atomic E-state index is 13.2. The highest BCUT2D eigenvalue weighted by molar-refractivity contribution is 8.00. The molecule has 0 unspecified atom stereocenters. The van der Waals surface area contributed by atoms with Crippen molar-refractivity contribution >= 4 is 28.7 Å². The van der Waals surface area contributed by atoms with Gasteiger partial charge in [-0.1, -0.05) is 72.4 Å². The summed E-state index contributed by atoms with van der Waals surface area (Å²) in [4.78, 5) is 45.2. The fraction of sp³-hybridized carbons (Fsp3) is 0.143. The molecule has 4 rings (SSSR count). The molecule has 1 N–H and O–H groups in total. The molecule has 0 aliphatic rings. The van der Waals surface area contributed by atoms with E-state index in [-0.39, 0.29) is 16.9 Å². The van der Waals surface area contributed by atoms with Crippen molar-refractivity contribution in [2.24, 2.45) is 14.1 Å². The zero-order valence-corrected chi connectivity index (χ0v) is 16.6. The summed E-state index contributed by atoms with van der Waals surface area (Å²) in [5, 5.41) is -0.156. The van der Waals surface area contributed by atoms with Crippen LogP contribution < -0.4 is 11.2 Å². The first kappa shape index (κ1) is 18.9. The Morgan fingerprint density at radius 1 is 0.966 bits per heavy atom. The van der Waals surface area contributed by atoms with Crippen LogP contribution in [0.25, 0.3) is 11.2 Å². The van der Waals surface area contributed by atoms with Crippen LogP contribution >= 0.6 is 11.8 Å². The van der Waals surface area contributed by atoms with Gasteiger partial charge in [0.25, 0.3) is 5.56 Å². The molecular formula is C21H18N4O3S. The predicted molar refractivity (Wildman–Crippen MR) is 112 cm³/mol. The van der Waals surface area contributed by atoms with Crippen LogP contribution in [0.15, 0.2) is 75.4 Å². The number of nitrogens with one attached hydrogen (secondary N) is 1. The number of carbonyl (C=O) groups is 1. The maximum absolute atomic E-state index is 13.2. The van der Waals surface area contributed by atoms with Crippen LogP contribution in [-0.2, 0) is 14.1 Å². The Hall–Kier alpha value is -3.39. The van der Waals surface area contributed by atoms with Gasteiger partial charge in [0, 0.05) is 19.7 Å². The molecule has 0 aliphatic heterocycles. The largest absolute Gasteiger partial charge is 0.332 e. The topological polar surface area (TPSA) is 89.8 Å². The van der Waals surface area contributed by atoms with E-state index in [0.29, 0.717) is 10.7 Å². The fourth-order valence-electron chi connectivity index (χ4n) is 3.13. The lowest BCUT2D eigenvalue weighted by Gasteiger charge is -2.14. The lowest BCUT2D eigenvalue weighted by Crippen LogP contribution is -2.36. The fourth-order valence-corrected chi connectivity index (χ4v) is 4.19. The molecule has 8 heteroatoms. The number of carbonyl (C=O) groups excluding carboxylic acids is 1.